The first kappa shape index (κ1) is 20.7. The number of nitrogens with zero attached hydrogens (tertiary/aromatic N) is 1. The Morgan fingerprint density at radius 2 is 1.96 bits per heavy atom. The summed E-state index contributed by atoms with van der Waals surface area (Å²) in [6.45, 7) is 4.68. The summed E-state index contributed by atoms with van der Waals surface area (Å²) in [5, 5.41) is 2.43. The second-order valence-corrected chi connectivity index (χ2v) is 5.54. The van der Waals surface area contributed by atoms with E-state index in [1.807, 2.05) is 6.92 Å². The van der Waals surface area contributed by atoms with Crippen LogP contribution in [0, 0.1) is 5.92 Å². The number of nitrogens with one attached hydrogen (secondary N) is 1. The Balaban J connectivity index is 2.95. The molecular formula is C16H21F3N2O4. The Morgan fingerprint density at radius 1 is 1.32 bits per heavy atom. The Morgan fingerprint density at radius 3 is 2.48 bits per heavy atom. The lowest BCUT2D eigenvalue weighted by Crippen LogP contribution is -2.47. The fraction of sp³-hybridized carbons (Fsp3) is 0.562. The molecule has 0 unspecified atom stereocenters. The molecule has 6 nitrogen and oxygen atoms in total. The second kappa shape index (κ2) is 8.68. The molecule has 1 N–H and O–H groups in total. The van der Waals surface area contributed by atoms with Gasteiger partial charge in [0.25, 0.3) is 5.56 Å². The van der Waals surface area contributed by atoms with Crippen molar-refractivity contribution in [3.05, 3.63) is 34.2 Å². The lowest BCUT2D eigenvalue weighted by molar-refractivity contribution is -0.149. The van der Waals surface area contributed by atoms with Gasteiger partial charge >= 0.3 is 12.1 Å². The number of rotatable bonds is 7. The van der Waals surface area contributed by atoms with Gasteiger partial charge in [0.2, 0.25) is 5.91 Å². The van der Waals surface area contributed by atoms with Crippen LogP contribution in [-0.4, -0.2) is 29.1 Å². The summed E-state index contributed by atoms with van der Waals surface area (Å²) in [4.78, 5) is 35.9. The van der Waals surface area contributed by atoms with Gasteiger partial charge in [-0.05, 0) is 25.0 Å². The first-order chi connectivity index (χ1) is 11.6. The molecule has 0 saturated heterocycles. The number of alkyl halides is 3. The number of ether oxygens (including phenoxy) is 1. The van der Waals surface area contributed by atoms with Crippen molar-refractivity contribution >= 4 is 11.9 Å². The first-order valence-electron chi connectivity index (χ1n) is 7.84. The fourth-order valence-electron chi connectivity index (χ4n) is 2.15. The van der Waals surface area contributed by atoms with E-state index in [9.17, 15) is 27.6 Å². The molecule has 25 heavy (non-hydrogen) atoms. The van der Waals surface area contributed by atoms with Gasteiger partial charge in [0.05, 0.1) is 6.61 Å². The second-order valence-electron chi connectivity index (χ2n) is 5.54. The van der Waals surface area contributed by atoms with Crippen LogP contribution in [0.25, 0.3) is 0 Å². The maximum absolute atomic E-state index is 12.7. The molecule has 1 aromatic rings. The predicted molar refractivity (Wildman–Crippen MR) is 83.7 cm³/mol. The number of pyridine rings is 1. The van der Waals surface area contributed by atoms with Crippen LogP contribution < -0.4 is 10.9 Å². The Labute approximate surface area is 143 Å². The van der Waals surface area contributed by atoms with Crippen molar-refractivity contribution in [2.75, 3.05) is 6.61 Å². The summed E-state index contributed by atoms with van der Waals surface area (Å²) < 4.78 is 43.8. The molecule has 0 aromatic carbocycles. The van der Waals surface area contributed by atoms with Gasteiger partial charge < -0.3 is 14.6 Å². The number of carbonyl (C=O) groups is 2. The predicted octanol–water partition coefficient (Wildman–Crippen LogP) is 1.96. The maximum atomic E-state index is 12.7. The van der Waals surface area contributed by atoms with Crippen LogP contribution in [0.1, 0.15) is 32.8 Å². The third kappa shape index (κ3) is 5.61. The number of halogens is 3. The molecular weight excluding hydrogens is 341 g/mol. The van der Waals surface area contributed by atoms with Gasteiger partial charge in [-0.1, -0.05) is 20.3 Å². The molecule has 140 valence electrons. The number of esters is 1. The van der Waals surface area contributed by atoms with Crippen molar-refractivity contribution in [1.82, 2.24) is 9.88 Å². The monoisotopic (exact) mass is 362 g/mol. The normalized spacial score (nSPS) is 13.8. The van der Waals surface area contributed by atoms with Crippen LogP contribution in [0.3, 0.4) is 0 Å². The molecule has 9 heteroatoms. The van der Waals surface area contributed by atoms with E-state index in [1.165, 1.54) is 0 Å². The van der Waals surface area contributed by atoms with Crippen molar-refractivity contribution in [3.8, 4) is 0 Å². The number of amides is 1. The molecule has 0 aliphatic rings. The molecule has 1 amide bonds. The van der Waals surface area contributed by atoms with E-state index in [0.717, 1.165) is 12.3 Å². The standard InChI is InChI=1S/C16H21F3N2O4/c1-4-10(3)13(15(24)25-5-2)20-12(22)9-21-8-6-7-11(14(21)23)16(17,18)19/h6-8,10,13H,4-5,9H2,1-3H3,(H,20,22)/t10-,13+/m1/s1. The zero-order chi connectivity index (χ0) is 19.2. The van der Waals surface area contributed by atoms with Crippen LogP contribution in [0.4, 0.5) is 13.2 Å². The van der Waals surface area contributed by atoms with Crippen molar-refractivity contribution < 1.29 is 27.5 Å². The number of aromatic nitrogens is 1. The molecule has 0 bridgehead atoms. The van der Waals surface area contributed by atoms with Crippen LogP contribution in [-0.2, 0) is 27.0 Å². The van der Waals surface area contributed by atoms with Gasteiger partial charge in [0.1, 0.15) is 18.2 Å². The first-order valence-corrected chi connectivity index (χ1v) is 7.84. The van der Waals surface area contributed by atoms with Crippen molar-refractivity contribution in [1.29, 1.82) is 0 Å². The van der Waals surface area contributed by atoms with Gasteiger partial charge in [-0.3, -0.25) is 9.59 Å². The number of carbonyl (C=O) groups excluding carboxylic acids is 2. The fourth-order valence-corrected chi connectivity index (χ4v) is 2.15. The topological polar surface area (TPSA) is 77.4 Å². The summed E-state index contributed by atoms with van der Waals surface area (Å²) in [6.07, 6.45) is -3.15. The van der Waals surface area contributed by atoms with E-state index in [4.69, 9.17) is 4.74 Å². The quantitative estimate of drug-likeness (QED) is 0.753. The van der Waals surface area contributed by atoms with E-state index >= 15 is 0 Å². The summed E-state index contributed by atoms with van der Waals surface area (Å²) in [5.74, 6) is -1.61. The van der Waals surface area contributed by atoms with Crippen LogP contribution in [0.15, 0.2) is 23.1 Å². The Bertz CT molecular complexity index is 670. The number of hydrogen-bond donors (Lipinski definition) is 1. The van der Waals surface area contributed by atoms with Crippen molar-refractivity contribution in [2.24, 2.45) is 5.92 Å². The third-order valence-electron chi connectivity index (χ3n) is 3.71. The minimum atomic E-state index is -4.80. The molecule has 0 aliphatic heterocycles. The average Bonchev–Trinajstić information content (AvgIpc) is 2.53. The molecule has 0 saturated carbocycles. The summed E-state index contributed by atoms with van der Waals surface area (Å²) in [5.41, 5.74) is -2.67. The van der Waals surface area contributed by atoms with Crippen LogP contribution in [0.5, 0.6) is 0 Å². The molecule has 1 rings (SSSR count). The van der Waals surface area contributed by atoms with Gasteiger partial charge in [0.15, 0.2) is 0 Å². The summed E-state index contributed by atoms with van der Waals surface area (Å²) in [7, 11) is 0. The van der Waals surface area contributed by atoms with Crippen LogP contribution in [0.2, 0.25) is 0 Å². The lowest BCUT2D eigenvalue weighted by Gasteiger charge is -2.22. The van der Waals surface area contributed by atoms with Gasteiger partial charge in [-0.15, -0.1) is 0 Å². The molecule has 1 heterocycles. The molecule has 2 atom stereocenters. The largest absolute Gasteiger partial charge is 0.464 e. The SMILES string of the molecule is CCOC(=O)[C@@H](NC(=O)Cn1cccc(C(F)(F)F)c1=O)[C@H](C)CC. The van der Waals surface area contributed by atoms with Crippen LogP contribution >= 0.6 is 0 Å². The van der Waals surface area contributed by atoms with Gasteiger partial charge in [0, 0.05) is 6.20 Å². The highest BCUT2D eigenvalue weighted by Gasteiger charge is 2.34. The van der Waals surface area contributed by atoms with Gasteiger partial charge in [-0.25, -0.2) is 4.79 Å². The van der Waals surface area contributed by atoms with E-state index in [0.29, 0.717) is 17.1 Å². The Hall–Kier alpha value is -2.32. The van der Waals surface area contributed by atoms with E-state index in [1.54, 1.807) is 13.8 Å². The Kier molecular flexibility index (Phi) is 7.20. The molecule has 0 radical (unpaired) electrons. The van der Waals surface area contributed by atoms with E-state index in [2.05, 4.69) is 5.32 Å². The summed E-state index contributed by atoms with van der Waals surface area (Å²) >= 11 is 0. The highest BCUT2D eigenvalue weighted by molar-refractivity contribution is 5.84. The zero-order valence-corrected chi connectivity index (χ0v) is 14.2. The van der Waals surface area contributed by atoms with E-state index in [-0.39, 0.29) is 12.5 Å². The average molecular weight is 362 g/mol. The smallest absolute Gasteiger partial charge is 0.421 e. The molecule has 1 aromatic heterocycles. The zero-order valence-electron chi connectivity index (χ0n) is 14.2. The molecule has 0 spiro atoms. The van der Waals surface area contributed by atoms with Crippen molar-refractivity contribution in [3.63, 3.8) is 0 Å². The third-order valence-corrected chi connectivity index (χ3v) is 3.71. The van der Waals surface area contributed by atoms with Crippen molar-refractivity contribution in [2.45, 2.75) is 46.0 Å². The van der Waals surface area contributed by atoms with E-state index < -0.39 is 41.8 Å². The minimum Gasteiger partial charge on any atom is -0.464 e. The maximum Gasteiger partial charge on any atom is 0.421 e. The summed E-state index contributed by atoms with van der Waals surface area (Å²) in [6, 6.07) is 0.755. The van der Waals surface area contributed by atoms with Gasteiger partial charge in [-0.2, -0.15) is 13.2 Å². The molecule has 0 aliphatic carbocycles. The number of hydrogen-bond acceptors (Lipinski definition) is 4. The lowest BCUT2D eigenvalue weighted by atomic mass is 9.99. The highest BCUT2D eigenvalue weighted by Crippen LogP contribution is 2.25. The molecule has 0 fully saturated rings. The minimum absolute atomic E-state index is 0.134. The highest BCUT2D eigenvalue weighted by atomic mass is 19.4.